The molecule has 1 aromatic rings. The Morgan fingerprint density at radius 1 is 1.25 bits per heavy atom. The Hall–Kier alpha value is -1.71. The fourth-order valence-electron chi connectivity index (χ4n) is 3.22. The smallest absolute Gasteiger partial charge is 0.172 e. The number of aryl methyl sites for hydroxylation is 1. The third-order valence-corrected chi connectivity index (χ3v) is 4.35. The molecule has 110 valence electrons. The van der Waals surface area contributed by atoms with E-state index in [1.807, 2.05) is 12.1 Å². The number of anilines is 1. The van der Waals surface area contributed by atoms with Gasteiger partial charge in [0.15, 0.2) is 5.84 Å². The topological polar surface area (TPSA) is 61.9 Å². The van der Waals surface area contributed by atoms with E-state index in [2.05, 4.69) is 30.1 Å². The van der Waals surface area contributed by atoms with Crippen LogP contribution in [0.5, 0.6) is 0 Å². The van der Waals surface area contributed by atoms with Gasteiger partial charge < -0.3 is 15.8 Å². The number of hydrogen-bond acceptors (Lipinski definition) is 3. The van der Waals surface area contributed by atoms with Crippen molar-refractivity contribution >= 4 is 11.5 Å². The first-order valence-corrected chi connectivity index (χ1v) is 7.45. The average molecular weight is 275 g/mol. The molecule has 20 heavy (non-hydrogen) atoms. The predicted molar refractivity (Wildman–Crippen MR) is 83.6 cm³/mol. The van der Waals surface area contributed by atoms with Crippen molar-refractivity contribution in [1.29, 1.82) is 0 Å². The van der Waals surface area contributed by atoms with Crippen LogP contribution in [0.15, 0.2) is 23.4 Å². The zero-order chi connectivity index (χ0) is 14.5. The molecular formula is C16H25N3O. The number of rotatable bonds is 3. The Balaban J connectivity index is 2.34. The van der Waals surface area contributed by atoms with Gasteiger partial charge in [0, 0.05) is 18.7 Å². The van der Waals surface area contributed by atoms with Gasteiger partial charge in [0.25, 0.3) is 0 Å². The van der Waals surface area contributed by atoms with Crippen molar-refractivity contribution in [2.24, 2.45) is 10.9 Å². The number of nitrogens with two attached hydrogens (primary N) is 1. The second-order valence-corrected chi connectivity index (χ2v) is 5.71. The summed E-state index contributed by atoms with van der Waals surface area (Å²) in [4.78, 5) is 2.33. The van der Waals surface area contributed by atoms with Crippen LogP contribution in [0.2, 0.25) is 0 Å². The van der Waals surface area contributed by atoms with Crippen LogP contribution in [-0.4, -0.2) is 24.1 Å². The van der Waals surface area contributed by atoms with Crippen LogP contribution >= 0.6 is 0 Å². The molecule has 1 aliphatic rings. The van der Waals surface area contributed by atoms with Crippen molar-refractivity contribution in [3.63, 3.8) is 0 Å². The summed E-state index contributed by atoms with van der Waals surface area (Å²) >= 11 is 0. The summed E-state index contributed by atoms with van der Waals surface area (Å²) in [5.41, 5.74) is 8.91. The van der Waals surface area contributed by atoms with Crippen LogP contribution < -0.4 is 10.6 Å². The molecule has 0 spiro atoms. The third kappa shape index (κ3) is 3.06. The van der Waals surface area contributed by atoms with Gasteiger partial charge in [-0.15, -0.1) is 0 Å². The molecule has 0 radical (unpaired) electrons. The molecule has 1 fully saturated rings. The molecule has 0 unspecified atom stereocenters. The molecule has 1 saturated carbocycles. The summed E-state index contributed by atoms with van der Waals surface area (Å²) in [5, 5.41) is 12.2. The van der Waals surface area contributed by atoms with Crippen molar-refractivity contribution < 1.29 is 5.21 Å². The number of para-hydroxylation sites is 1. The van der Waals surface area contributed by atoms with E-state index in [1.165, 1.54) is 44.1 Å². The minimum Gasteiger partial charge on any atom is -0.409 e. The number of nitrogens with zero attached hydrogens (tertiary/aromatic N) is 2. The van der Waals surface area contributed by atoms with Gasteiger partial charge in [-0.3, -0.25) is 0 Å². The van der Waals surface area contributed by atoms with E-state index in [0.717, 1.165) is 11.3 Å². The molecule has 0 atom stereocenters. The fourth-order valence-corrected chi connectivity index (χ4v) is 3.22. The van der Waals surface area contributed by atoms with E-state index < -0.39 is 0 Å². The lowest BCUT2D eigenvalue weighted by Gasteiger charge is -2.32. The van der Waals surface area contributed by atoms with Gasteiger partial charge in [-0.25, -0.2) is 0 Å². The molecule has 0 bridgehead atoms. The van der Waals surface area contributed by atoms with Crippen LogP contribution in [0, 0.1) is 6.92 Å². The lowest BCUT2D eigenvalue weighted by atomic mass is 10.0. The fraction of sp³-hybridized carbons (Fsp3) is 0.562. The number of hydrogen-bond donors (Lipinski definition) is 2. The molecule has 0 aliphatic heterocycles. The predicted octanol–water partition coefficient (Wildman–Crippen LogP) is 3.25. The van der Waals surface area contributed by atoms with Gasteiger partial charge in [0.1, 0.15) is 0 Å². The van der Waals surface area contributed by atoms with E-state index in [4.69, 9.17) is 10.9 Å². The molecule has 2 rings (SSSR count). The number of benzene rings is 1. The maximum atomic E-state index is 8.99. The Kier molecular flexibility index (Phi) is 4.88. The highest BCUT2D eigenvalue weighted by Crippen LogP contribution is 2.30. The average Bonchev–Trinajstić information content (AvgIpc) is 2.74. The van der Waals surface area contributed by atoms with Gasteiger partial charge in [-0.2, -0.15) is 0 Å². The number of amidine groups is 1. The van der Waals surface area contributed by atoms with Gasteiger partial charge in [-0.1, -0.05) is 43.0 Å². The lowest BCUT2D eigenvalue weighted by molar-refractivity contribution is 0.318. The Labute approximate surface area is 121 Å². The molecule has 0 amide bonds. The highest BCUT2D eigenvalue weighted by molar-refractivity contribution is 6.02. The van der Waals surface area contributed by atoms with E-state index in [9.17, 15) is 0 Å². The zero-order valence-electron chi connectivity index (χ0n) is 12.5. The standard InChI is InChI=1S/C16H25N3O/c1-12-8-7-11-14(16(17)18-20)15(12)19(2)13-9-5-3-4-6-10-13/h7-8,11,13,20H,3-6,9-10H2,1-2H3,(H2,17,18). The molecule has 0 heterocycles. The summed E-state index contributed by atoms with van der Waals surface area (Å²) in [6, 6.07) is 6.50. The summed E-state index contributed by atoms with van der Waals surface area (Å²) in [7, 11) is 2.13. The molecule has 4 nitrogen and oxygen atoms in total. The Morgan fingerprint density at radius 2 is 1.90 bits per heavy atom. The SMILES string of the molecule is Cc1cccc(/C(N)=N/O)c1N(C)C1CCCCCC1. The second kappa shape index (κ2) is 6.64. The van der Waals surface area contributed by atoms with E-state index in [1.54, 1.807) is 0 Å². The Bertz CT molecular complexity index is 477. The van der Waals surface area contributed by atoms with Crippen LogP contribution in [0.25, 0.3) is 0 Å². The van der Waals surface area contributed by atoms with Crippen LogP contribution in [0.3, 0.4) is 0 Å². The minimum atomic E-state index is 0.184. The van der Waals surface area contributed by atoms with Crippen molar-refractivity contribution in [1.82, 2.24) is 0 Å². The van der Waals surface area contributed by atoms with Crippen LogP contribution in [0.1, 0.15) is 49.7 Å². The second-order valence-electron chi connectivity index (χ2n) is 5.71. The first kappa shape index (κ1) is 14.7. The van der Waals surface area contributed by atoms with Crippen LogP contribution in [-0.2, 0) is 0 Å². The van der Waals surface area contributed by atoms with Crippen molar-refractivity contribution in [3.8, 4) is 0 Å². The summed E-state index contributed by atoms with van der Waals surface area (Å²) in [6.07, 6.45) is 7.71. The van der Waals surface area contributed by atoms with Crippen molar-refractivity contribution in [2.45, 2.75) is 51.5 Å². The largest absolute Gasteiger partial charge is 0.409 e. The van der Waals surface area contributed by atoms with E-state index in [0.29, 0.717) is 6.04 Å². The van der Waals surface area contributed by atoms with Gasteiger partial charge >= 0.3 is 0 Å². The maximum Gasteiger partial charge on any atom is 0.172 e. The Morgan fingerprint density at radius 3 is 2.50 bits per heavy atom. The zero-order valence-corrected chi connectivity index (χ0v) is 12.5. The maximum absolute atomic E-state index is 8.99. The van der Waals surface area contributed by atoms with Crippen molar-refractivity contribution in [3.05, 3.63) is 29.3 Å². The molecule has 0 saturated heterocycles. The third-order valence-electron chi connectivity index (χ3n) is 4.35. The van der Waals surface area contributed by atoms with Crippen molar-refractivity contribution in [2.75, 3.05) is 11.9 Å². The van der Waals surface area contributed by atoms with Crippen LogP contribution in [0.4, 0.5) is 5.69 Å². The van der Waals surface area contributed by atoms with E-state index in [-0.39, 0.29) is 5.84 Å². The highest BCUT2D eigenvalue weighted by atomic mass is 16.4. The summed E-state index contributed by atoms with van der Waals surface area (Å²) in [5.74, 6) is 0.184. The highest BCUT2D eigenvalue weighted by Gasteiger charge is 2.21. The summed E-state index contributed by atoms with van der Waals surface area (Å²) < 4.78 is 0. The van der Waals surface area contributed by atoms with Gasteiger partial charge in [0.2, 0.25) is 0 Å². The first-order valence-electron chi connectivity index (χ1n) is 7.45. The summed E-state index contributed by atoms with van der Waals surface area (Å²) in [6.45, 7) is 2.08. The van der Waals surface area contributed by atoms with Gasteiger partial charge in [-0.05, 0) is 31.4 Å². The molecule has 0 aromatic heterocycles. The molecule has 1 aliphatic carbocycles. The minimum absolute atomic E-state index is 0.184. The first-order chi connectivity index (χ1) is 9.65. The lowest BCUT2D eigenvalue weighted by Crippen LogP contribution is -2.33. The molecule has 1 aromatic carbocycles. The normalized spacial score (nSPS) is 17.8. The van der Waals surface area contributed by atoms with E-state index >= 15 is 0 Å². The monoisotopic (exact) mass is 275 g/mol. The molecular weight excluding hydrogens is 250 g/mol. The quantitative estimate of drug-likeness (QED) is 0.293. The van der Waals surface area contributed by atoms with Gasteiger partial charge in [0.05, 0.1) is 5.69 Å². The molecule has 4 heteroatoms. The molecule has 3 N–H and O–H groups in total. The number of oxime groups is 1.